The molecule has 2 N–H and O–H groups in total. The monoisotopic (exact) mass is 452 g/mol. The Morgan fingerprint density at radius 2 is 2.06 bits per heavy atom. The number of rotatable bonds is 9. The van der Waals surface area contributed by atoms with E-state index in [2.05, 4.69) is 20.9 Å². The van der Waals surface area contributed by atoms with Crippen LogP contribution in [0.2, 0.25) is 0 Å². The molecule has 3 aromatic rings. The van der Waals surface area contributed by atoms with E-state index in [4.69, 9.17) is 4.74 Å². The molecule has 0 radical (unpaired) electrons. The number of aromatic nitrogens is 3. The van der Waals surface area contributed by atoms with Crippen molar-refractivity contribution >= 4 is 17.7 Å². The molecule has 33 heavy (non-hydrogen) atoms. The zero-order valence-electron chi connectivity index (χ0n) is 18.2. The number of anilines is 1. The van der Waals surface area contributed by atoms with Crippen LogP contribution in [0.15, 0.2) is 54.9 Å². The van der Waals surface area contributed by atoms with Crippen molar-refractivity contribution in [2.75, 3.05) is 24.5 Å². The fraction of sp³-hybridized carbons (Fsp3) is 0.304. The molecule has 1 aromatic heterocycles. The molecule has 1 aliphatic heterocycles. The second-order valence-corrected chi connectivity index (χ2v) is 7.76. The molecule has 1 atom stereocenters. The molecule has 0 aliphatic carbocycles. The number of halogens is 1. The molecule has 2 aromatic carbocycles. The molecule has 10 heteroatoms. The van der Waals surface area contributed by atoms with E-state index in [1.54, 1.807) is 23.0 Å². The van der Waals surface area contributed by atoms with Crippen molar-refractivity contribution in [3.63, 3.8) is 0 Å². The van der Waals surface area contributed by atoms with E-state index in [0.29, 0.717) is 17.8 Å². The lowest BCUT2D eigenvalue weighted by molar-refractivity contribution is -0.119. The van der Waals surface area contributed by atoms with Crippen LogP contribution in [0.25, 0.3) is 11.1 Å². The summed E-state index contributed by atoms with van der Waals surface area (Å²) >= 11 is 0. The lowest BCUT2D eigenvalue weighted by Crippen LogP contribution is -2.33. The van der Waals surface area contributed by atoms with Crippen LogP contribution in [0.1, 0.15) is 12.5 Å². The van der Waals surface area contributed by atoms with Gasteiger partial charge < -0.3 is 15.4 Å². The topological polar surface area (TPSA) is 101 Å². The van der Waals surface area contributed by atoms with Crippen LogP contribution in [0.4, 0.5) is 14.9 Å². The van der Waals surface area contributed by atoms with Crippen LogP contribution < -0.4 is 15.5 Å². The van der Waals surface area contributed by atoms with Gasteiger partial charge >= 0.3 is 6.09 Å². The highest BCUT2D eigenvalue weighted by Crippen LogP contribution is 2.29. The van der Waals surface area contributed by atoms with Crippen LogP contribution in [-0.2, 0) is 22.6 Å². The molecule has 2 amide bonds. The Bertz CT molecular complexity index is 1100. The molecule has 0 bridgehead atoms. The Morgan fingerprint density at radius 3 is 2.76 bits per heavy atom. The van der Waals surface area contributed by atoms with Gasteiger partial charge in [0.1, 0.15) is 11.9 Å². The molecular weight excluding hydrogens is 427 g/mol. The van der Waals surface area contributed by atoms with Gasteiger partial charge in [0.05, 0.1) is 31.5 Å². The first-order valence-corrected chi connectivity index (χ1v) is 10.7. The Kier molecular flexibility index (Phi) is 6.94. The van der Waals surface area contributed by atoms with Crippen molar-refractivity contribution in [3.05, 3.63) is 66.2 Å². The van der Waals surface area contributed by atoms with Crippen molar-refractivity contribution in [2.45, 2.75) is 26.1 Å². The van der Waals surface area contributed by atoms with Gasteiger partial charge in [0.2, 0.25) is 5.91 Å². The maximum Gasteiger partial charge on any atom is 0.414 e. The summed E-state index contributed by atoms with van der Waals surface area (Å²) in [4.78, 5) is 24.6. The predicted molar refractivity (Wildman–Crippen MR) is 120 cm³/mol. The summed E-state index contributed by atoms with van der Waals surface area (Å²) in [5.41, 5.74) is 2.70. The SMILES string of the molecule is CC(=O)NCC1CN(c2ccc(-c3ccc(CNCCn4ccnn4)cc3)c(F)c2)C(=O)O1. The number of ether oxygens (including phenoxy) is 1. The van der Waals surface area contributed by atoms with Crippen LogP contribution in [0, 0.1) is 5.82 Å². The largest absolute Gasteiger partial charge is 0.442 e. The van der Waals surface area contributed by atoms with E-state index in [0.717, 1.165) is 24.2 Å². The Balaban J connectivity index is 1.34. The minimum atomic E-state index is -0.557. The third-order valence-corrected chi connectivity index (χ3v) is 5.30. The third kappa shape index (κ3) is 5.72. The first-order chi connectivity index (χ1) is 16.0. The van der Waals surface area contributed by atoms with Crippen molar-refractivity contribution in [1.29, 1.82) is 0 Å². The molecule has 0 saturated carbocycles. The number of nitrogens with zero attached hydrogens (tertiary/aromatic N) is 4. The van der Waals surface area contributed by atoms with Gasteiger partial charge in [-0.1, -0.05) is 29.5 Å². The summed E-state index contributed by atoms with van der Waals surface area (Å²) in [5, 5.41) is 13.6. The molecule has 0 spiro atoms. The average Bonchev–Trinajstić information content (AvgIpc) is 3.45. The van der Waals surface area contributed by atoms with Gasteiger partial charge in [0.25, 0.3) is 0 Å². The summed E-state index contributed by atoms with van der Waals surface area (Å²) in [7, 11) is 0. The fourth-order valence-electron chi connectivity index (χ4n) is 3.58. The normalized spacial score (nSPS) is 15.5. The summed E-state index contributed by atoms with van der Waals surface area (Å²) in [6.07, 6.45) is 2.43. The lowest BCUT2D eigenvalue weighted by atomic mass is 10.0. The van der Waals surface area contributed by atoms with Crippen molar-refractivity contribution < 1.29 is 18.7 Å². The summed E-state index contributed by atoms with van der Waals surface area (Å²) < 4.78 is 21.9. The van der Waals surface area contributed by atoms with Gasteiger partial charge in [0.15, 0.2) is 0 Å². The second kappa shape index (κ2) is 10.2. The average molecular weight is 452 g/mol. The number of hydrogen-bond donors (Lipinski definition) is 2. The van der Waals surface area contributed by atoms with Gasteiger partial charge in [-0.05, 0) is 29.3 Å². The number of carbonyl (C=O) groups excluding carboxylic acids is 2. The van der Waals surface area contributed by atoms with E-state index in [-0.39, 0.29) is 19.0 Å². The molecule has 1 aliphatic rings. The van der Waals surface area contributed by atoms with Crippen molar-refractivity contribution in [3.8, 4) is 11.1 Å². The summed E-state index contributed by atoms with van der Waals surface area (Å²) in [6, 6.07) is 12.3. The number of amides is 2. The van der Waals surface area contributed by atoms with Gasteiger partial charge in [-0.3, -0.25) is 14.4 Å². The Morgan fingerprint density at radius 1 is 1.24 bits per heavy atom. The Labute approximate surface area is 190 Å². The molecule has 172 valence electrons. The van der Waals surface area contributed by atoms with E-state index in [1.807, 2.05) is 30.5 Å². The molecule has 2 heterocycles. The van der Waals surface area contributed by atoms with Crippen LogP contribution in [-0.4, -0.2) is 52.7 Å². The van der Waals surface area contributed by atoms with Gasteiger partial charge in [0, 0.05) is 31.8 Å². The number of hydrogen-bond acceptors (Lipinski definition) is 6. The quantitative estimate of drug-likeness (QED) is 0.484. The van der Waals surface area contributed by atoms with E-state index >= 15 is 0 Å². The number of carbonyl (C=O) groups is 2. The molecular formula is C23H25FN6O3. The lowest BCUT2D eigenvalue weighted by Gasteiger charge is -2.15. The van der Waals surface area contributed by atoms with Crippen LogP contribution in [0.5, 0.6) is 0 Å². The first kappa shape index (κ1) is 22.4. The van der Waals surface area contributed by atoms with Gasteiger partial charge in [-0.2, -0.15) is 0 Å². The highest BCUT2D eigenvalue weighted by atomic mass is 19.1. The van der Waals surface area contributed by atoms with Gasteiger partial charge in [-0.25, -0.2) is 9.18 Å². The molecule has 1 fully saturated rings. The number of cyclic esters (lactones) is 1. The maximum atomic E-state index is 14.9. The maximum absolute atomic E-state index is 14.9. The van der Waals surface area contributed by atoms with Gasteiger partial charge in [-0.15, -0.1) is 5.10 Å². The molecule has 9 nitrogen and oxygen atoms in total. The number of benzene rings is 2. The zero-order valence-corrected chi connectivity index (χ0v) is 18.2. The van der Waals surface area contributed by atoms with E-state index < -0.39 is 18.0 Å². The number of nitrogens with one attached hydrogen (secondary N) is 2. The van der Waals surface area contributed by atoms with E-state index in [9.17, 15) is 14.0 Å². The van der Waals surface area contributed by atoms with Crippen LogP contribution in [0.3, 0.4) is 0 Å². The molecule has 4 rings (SSSR count). The smallest absolute Gasteiger partial charge is 0.414 e. The summed E-state index contributed by atoms with van der Waals surface area (Å²) in [5.74, 6) is -0.627. The highest BCUT2D eigenvalue weighted by molar-refractivity contribution is 5.90. The Hall–Kier alpha value is -3.79. The molecule has 1 unspecified atom stereocenters. The minimum Gasteiger partial charge on any atom is -0.442 e. The third-order valence-electron chi connectivity index (χ3n) is 5.30. The van der Waals surface area contributed by atoms with E-state index in [1.165, 1.54) is 17.9 Å². The first-order valence-electron chi connectivity index (χ1n) is 10.7. The minimum absolute atomic E-state index is 0.200. The van der Waals surface area contributed by atoms with Crippen molar-refractivity contribution in [2.24, 2.45) is 0 Å². The molecule has 1 saturated heterocycles. The van der Waals surface area contributed by atoms with Crippen molar-refractivity contribution in [1.82, 2.24) is 25.6 Å². The predicted octanol–water partition coefficient (Wildman–Crippen LogP) is 2.34. The standard InChI is InChI=1S/C23H25FN6O3/c1-16(31)26-14-20-15-30(23(32)33-20)19-6-7-21(22(24)12-19)18-4-2-17(3-5-18)13-25-8-10-29-11-9-27-28-29/h2-7,9,11-12,20,25H,8,10,13-15H2,1H3,(H,26,31). The summed E-state index contributed by atoms with van der Waals surface area (Å²) in [6.45, 7) is 4.04. The highest BCUT2D eigenvalue weighted by Gasteiger charge is 2.32. The zero-order chi connectivity index (χ0) is 23.2. The second-order valence-electron chi connectivity index (χ2n) is 7.76. The fourth-order valence-corrected chi connectivity index (χ4v) is 3.58. The van der Waals surface area contributed by atoms with Crippen LogP contribution >= 0.6 is 0 Å².